The summed E-state index contributed by atoms with van der Waals surface area (Å²) in [6.07, 6.45) is 3.18. The van der Waals surface area contributed by atoms with E-state index in [4.69, 9.17) is 0 Å². The Balaban J connectivity index is 2.13. The van der Waals surface area contributed by atoms with Crippen molar-refractivity contribution in [1.82, 2.24) is 0 Å². The predicted octanol–water partition coefficient (Wildman–Crippen LogP) is 4.35. The summed E-state index contributed by atoms with van der Waals surface area (Å²) in [6.45, 7) is 6.11. The second-order valence-corrected chi connectivity index (χ2v) is 5.22. The smallest absolute Gasteiger partial charge is 0.103 e. The second kappa shape index (κ2) is 5.04. The zero-order chi connectivity index (χ0) is 14.1. The van der Waals surface area contributed by atoms with Crippen molar-refractivity contribution < 1.29 is 0 Å². The average Bonchev–Trinajstić information content (AvgIpc) is 2.73. The minimum absolute atomic E-state index is 0.318. The van der Waals surface area contributed by atoms with Crippen LogP contribution < -0.4 is 9.80 Å². The summed E-state index contributed by atoms with van der Waals surface area (Å²) in [4.78, 5) is 4.73. The highest BCUT2D eigenvalue weighted by atomic mass is 15.4. The summed E-state index contributed by atoms with van der Waals surface area (Å²) in [6, 6.07) is 17.2. The van der Waals surface area contributed by atoms with E-state index in [-0.39, 0.29) is 0 Å². The molecule has 1 aliphatic heterocycles. The molecule has 1 atom stereocenters. The van der Waals surface area contributed by atoms with E-state index < -0.39 is 0 Å². The van der Waals surface area contributed by atoms with E-state index in [2.05, 4.69) is 78.9 Å². The molecule has 2 nitrogen and oxygen atoms in total. The molecule has 0 N–H and O–H groups in total. The number of benzene rings is 2. The lowest BCUT2D eigenvalue weighted by Gasteiger charge is -2.29. The Labute approximate surface area is 121 Å². The van der Waals surface area contributed by atoms with Crippen molar-refractivity contribution in [2.75, 3.05) is 16.8 Å². The van der Waals surface area contributed by atoms with Crippen molar-refractivity contribution >= 4 is 17.1 Å². The van der Waals surface area contributed by atoms with Crippen LogP contribution in [0.25, 0.3) is 0 Å². The zero-order valence-corrected chi connectivity index (χ0v) is 12.1. The van der Waals surface area contributed by atoms with Gasteiger partial charge < -0.3 is 9.80 Å². The molecule has 0 spiro atoms. The lowest BCUT2D eigenvalue weighted by atomic mass is 10.1. The highest BCUT2D eigenvalue weighted by Crippen LogP contribution is 2.43. The first-order valence-electron chi connectivity index (χ1n) is 7.04. The number of fused-ring (bicyclic) bond motifs is 1. The van der Waals surface area contributed by atoms with Crippen molar-refractivity contribution in [2.45, 2.75) is 19.5 Å². The predicted molar refractivity (Wildman–Crippen MR) is 86.8 cm³/mol. The minimum Gasteiger partial charge on any atom is -0.353 e. The van der Waals surface area contributed by atoms with Gasteiger partial charge in [-0.15, -0.1) is 6.58 Å². The van der Waals surface area contributed by atoms with Crippen LogP contribution in [-0.4, -0.2) is 13.2 Å². The summed E-state index contributed by atoms with van der Waals surface area (Å²) in [5.74, 6) is 0. The Hall–Kier alpha value is -2.22. The molecule has 2 aromatic carbocycles. The van der Waals surface area contributed by atoms with Crippen LogP contribution in [0.3, 0.4) is 0 Å². The molecule has 2 heteroatoms. The lowest BCUT2D eigenvalue weighted by molar-refractivity contribution is 0.732. The first kappa shape index (κ1) is 12.8. The first-order chi connectivity index (χ1) is 9.74. The van der Waals surface area contributed by atoms with Gasteiger partial charge in [0.05, 0.1) is 11.4 Å². The van der Waals surface area contributed by atoms with Crippen molar-refractivity contribution in [3.8, 4) is 0 Å². The third-order valence-corrected chi connectivity index (χ3v) is 4.07. The second-order valence-electron chi connectivity index (χ2n) is 5.22. The molecule has 1 heterocycles. The number of hydrogen-bond donors (Lipinski definition) is 0. The number of anilines is 3. The van der Waals surface area contributed by atoms with Gasteiger partial charge in [0.15, 0.2) is 0 Å². The molecule has 0 amide bonds. The van der Waals surface area contributed by atoms with E-state index in [0.717, 1.165) is 6.42 Å². The van der Waals surface area contributed by atoms with E-state index in [1.165, 1.54) is 22.6 Å². The fourth-order valence-corrected chi connectivity index (χ4v) is 2.95. The Bertz CT molecular complexity index is 633. The van der Waals surface area contributed by atoms with Crippen LogP contribution in [0.5, 0.6) is 0 Å². The fraction of sp³-hybridized carbons (Fsp3) is 0.222. The van der Waals surface area contributed by atoms with E-state index in [1.807, 2.05) is 6.08 Å². The monoisotopic (exact) mass is 264 g/mol. The maximum absolute atomic E-state index is 3.87. The van der Waals surface area contributed by atoms with Crippen molar-refractivity contribution in [3.63, 3.8) is 0 Å². The largest absolute Gasteiger partial charge is 0.353 e. The molecule has 20 heavy (non-hydrogen) atoms. The molecular formula is C18H20N2. The van der Waals surface area contributed by atoms with Crippen molar-refractivity contribution in [2.24, 2.45) is 0 Å². The van der Waals surface area contributed by atoms with Gasteiger partial charge in [-0.05, 0) is 37.1 Å². The summed E-state index contributed by atoms with van der Waals surface area (Å²) in [5.41, 5.74) is 5.16. The molecule has 0 saturated heterocycles. The van der Waals surface area contributed by atoms with Gasteiger partial charge in [-0.2, -0.15) is 0 Å². The molecule has 2 aromatic rings. The first-order valence-corrected chi connectivity index (χ1v) is 7.04. The fourth-order valence-electron chi connectivity index (χ4n) is 2.95. The highest BCUT2D eigenvalue weighted by Gasteiger charge is 2.31. The number of allylic oxidation sites excluding steroid dienone is 1. The Morgan fingerprint density at radius 2 is 1.60 bits per heavy atom. The number of para-hydroxylation sites is 3. The third kappa shape index (κ3) is 1.88. The van der Waals surface area contributed by atoms with E-state index >= 15 is 0 Å². The van der Waals surface area contributed by atoms with E-state index in [1.54, 1.807) is 0 Å². The summed E-state index contributed by atoms with van der Waals surface area (Å²) in [5, 5.41) is 0. The van der Waals surface area contributed by atoms with Gasteiger partial charge in [-0.1, -0.05) is 36.4 Å². The van der Waals surface area contributed by atoms with Gasteiger partial charge in [0, 0.05) is 12.7 Å². The molecular weight excluding hydrogens is 244 g/mol. The van der Waals surface area contributed by atoms with Crippen LogP contribution in [0, 0.1) is 0 Å². The average molecular weight is 264 g/mol. The number of rotatable bonds is 3. The Morgan fingerprint density at radius 3 is 2.30 bits per heavy atom. The normalized spacial score (nSPS) is 17.2. The van der Waals surface area contributed by atoms with Crippen molar-refractivity contribution in [3.05, 3.63) is 66.7 Å². The van der Waals surface area contributed by atoms with Crippen LogP contribution >= 0.6 is 0 Å². The van der Waals surface area contributed by atoms with Crippen molar-refractivity contribution in [1.29, 1.82) is 0 Å². The molecule has 0 radical (unpaired) electrons. The zero-order valence-electron chi connectivity index (χ0n) is 12.1. The molecule has 3 rings (SSSR count). The maximum Gasteiger partial charge on any atom is 0.103 e. The summed E-state index contributed by atoms with van der Waals surface area (Å²) < 4.78 is 0. The van der Waals surface area contributed by atoms with Crippen LogP contribution in [0.4, 0.5) is 17.1 Å². The van der Waals surface area contributed by atoms with Gasteiger partial charge in [0.2, 0.25) is 0 Å². The van der Waals surface area contributed by atoms with E-state index in [0.29, 0.717) is 6.17 Å². The number of nitrogens with zero attached hydrogens (tertiary/aromatic N) is 2. The molecule has 0 bridgehead atoms. The highest BCUT2D eigenvalue weighted by molar-refractivity contribution is 5.84. The molecule has 0 fully saturated rings. The topological polar surface area (TPSA) is 6.48 Å². The Kier molecular flexibility index (Phi) is 3.23. The molecule has 102 valence electrons. The van der Waals surface area contributed by atoms with E-state index in [9.17, 15) is 0 Å². The number of hydrogen-bond acceptors (Lipinski definition) is 2. The van der Waals surface area contributed by atoms with Gasteiger partial charge in [0.1, 0.15) is 6.17 Å². The van der Waals surface area contributed by atoms with Gasteiger partial charge in [0.25, 0.3) is 0 Å². The minimum atomic E-state index is 0.318. The lowest BCUT2D eigenvalue weighted by Crippen LogP contribution is -2.36. The third-order valence-electron chi connectivity index (χ3n) is 4.07. The summed E-state index contributed by atoms with van der Waals surface area (Å²) in [7, 11) is 2.15. The quantitative estimate of drug-likeness (QED) is 0.760. The summed E-state index contributed by atoms with van der Waals surface area (Å²) >= 11 is 0. The Morgan fingerprint density at radius 1 is 1.00 bits per heavy atom. The van der Waals surface area contributed by atoms with Gasteiger partial charge >= 0.3 is 0 Å². The molecule has 0 saturated carbocycles. The van der Waals surface area contributed by atoms with Crippen LogP contribution in [0.15, 0.2) is 61.2 Å². The van der Waals surface area contributed by atoms with Crippen LogP contribution in [0.2, 0.25) is 0 Å². The van der Waals surface area contributed by atoms with Gasteiger partial charge in [-0.25, -0.2) is 0 Å². The van der Waals surface area contributed by atoms with Crippen LogP contribution in [0.1, 0.15) is 12.5 Å². The standard InChI is InChI=1S/C18H20N2/c1-4-9-15-10-5-6-11-16(15)20-14(2)19(3)17-12-7-8-13-18(17)20/h4-8,10-14H,1,9H2,2-3H3/t14-/m1/s1. The maximum atomic E-state index is 3.87. The molecule has 0 aromatic heterocycles. The SMILES string of the molecule is C=CCc1ccccc1N1c2ccccc2N(C)[C@H]1C. The van der Waals surface area contributed by atoms with Gasteiger partial charge in [-0.3, -0.25) is 0 Å². The molecule has 1 aliphatic rings. The molecule has 0 aliphatic carbocycles. The van der Waals surface area contributed by atoms with Crippen LogP contribution in [-0.2, 0) is 6.42 Å². The molecule has 0 unspecified atom stereocenters.